The molecule has 1 N–H and O–H groups in total. The van der Waals surface area contributed by atoms with E-state index in [0.717, 1.165) is 12.8 Å². The van der Waals surface area contributed by atoms with Crippen molar-refractivity contribution in [3.05, 3.63) is 0 Å². The van der Waals surface area contributed by atoms with Gasteiger partial charge in [0.05, 0.1) is 11.5 Å². The van der Waals surface area contributed by atoms with Crippen molar-refractivity contribution < 1.29 is 5.11 Å². The second-order valence-electron chi connectivity index (χ2n) is 2.92. The first-order valence-electron chi connectivity index (χ1n) is 3.54. The van der Waals surface area contributed by atoms with Crippen LogP contribution in [0.15, 0.2) is 0 Å². The van der Waals surface area contributed by atoms with Crippen molar-refractivity contribution in [3.63, 3.8) is 0 Å². The second kappa shape index (κ2) is 2.89. The number of halogens is 1. The predicted octanol–water partition coefficient (Wildman–Crippen LogP) is 1.77. The molecule has 1 saturated carbocycles. The third kappa shape index (κ3) is 1.59. The Labute approximate surface area is 61.0 Å². The lowest BCUT2D eigenvalue weighted by molar-refractivity contribution is 0.111. The van der Waals surface area contributed by atoms with Gasteiger partial charge in [0.1, 0.15) is 0 Å². The summed E-state index contributed by atoms with van der Waals surface area (Å²) < 4.78 is 0. The van der Waals surface area contributed by atoms with E-state index < -0.39 is 0 Å². The van der Waals surface area contributed by atoms with Crippen LogP contribution in [0.25, 0.3) is 0 Å². The van der Waals surface area contributed by atoms with E-state index in [9.17, 15) is 5.11 Å². The quantitative estimate of drug-likeness (QED) is 0.520. The normalized spacial score (nSPS) is 45.0. The SMILES string of the molecule is CC1CCCC(O)C1Cl. The third-order valence-corrected chi connectivity index (χ3v) is 2.79. The van der Waals surface area contributed by atoms with Gasteiger partial charge in [-0.3, -0.25) is 0 Å². The smallest absolute Gasteiger partial charge is 0.0706 e. The number of aliphatic hydroxyl groups excluding tert-OH is 1. The Hall–Kier alpha value is 0.250. The van der Waals surface area contributed by atoms with Gasteiger partial charge in [0, 0.05) is 0 Å². The highest BCUT2D eigenvalue weighted by Gasteiger charge is 2.26. The van der Waals surface area contributed by atoms with E-state index in [1.807, 2.05) is 0 Å². The summed E-state index contributed by atoms with van der Waals surface area (Å²) >= 11 is 5.87. The van der Waals surface area contributed by atoms with Crippen molar-refractivity contribution in [2.45, 2.75) is 37.7 Å². The lowest BCUT2D eigenvalue weighted by Gasteiger charge is -2.28. The van der Waals surface area contributed by atoms with E-state index in [1.165, 1.54) is 6.42 Å². The molecule has 0 amide bonds. The number of rotatable bonds is 0. The van der Waals surface area contributed by atoms with E-state index in [1.54, 1.807) is 0 Å². The molecule has 0 bridgehead atoms. The molecule has 1 rings (SSSR count). The molecular formula is C7H13ClO. The zero-order valence-corrected chi connectivity index (χ0v) is 6.43. The van der Waals surface area contributed by atoms with Crippen LogP contribution in [0.3, 0.4) is 0 Å². The number of alkyl halides is 1. The fraction of sp³-hybridized carbons (Fsp3) is 1.00. The molecule has 0 aromatic rings. The molecule has 9 heavy (non-hydrogen) atoms. The highest BCUT2D eigenvalue weighted by molar-refractivity contribution is 6.21. The minimum Gasteiger partial charge on any atom is -0.392 e. The van der Waals surface area contributed by atoms with Crippen molar-refractivity contribution in [3.8, 4) is 0 Å². The molecule has 54 valence electrons. The topological polar surface area (TPSA) is 20.2 Å². The molecular weight excluding hydrogens is 136 g/mol. The average molecular weight is 149 g/mol. The molecule has 3 unspecified atom stereocenters. The van der Waals surface area contributed by atoms with Gasteiger partial charge in [0.2, 0.25) is 0 Å². The summed E-state index contributed by atoms with van der Waals surface area (Å²) in [6.07, 6.45) is 2.94. The monoisotopic (exact) mass is 148 g/mol. The van der Waals surface area contributed by atoms with Gasteiger partial charge in [-0.1, -0.05) is 13.3 Å². The minimum atomic E-state index is -0.254. The highest BCUT2D eigenvalue weighted by Crippen LogP contribution is 2.28. The standard InChI is InChI=1S/C7H13ClO/c1-5-3-2-4-6(9)7(5)8/h5-7,9H,2-4H2,1H3. The van der Waals surface area contributed by atoms with Crippen molar-refractivity contribution in [1.29, 1.82) is 0 Å². The van der Waals surface area contributed by atoms with Crippen LogP contribution < -0.4 is 0 Å². The van der Waals surface area contributed by atoms with Gasteiger partial charge in [-0.05, 0) is 18.8 Å². The zero-order valence-electron chi connectivity index (χ0n) is 5.68. The fourth-order valence-electron chi connectivity index (χ4n) is 1.35. The Morgan fingerprint density at radius 2 is 2.11 bits per heavy atom. The molecule has 0 saturated heterocycles. The Kier molecular flexibility index (Phi) is 2.36. The van der Waals surface area contributed by atoms with Crippen LogP contribution in [-0.4, -0.2) is 16.6 Å². The molecule has 0 heterocycles. The summed E-state index contributed by atoms with van der Waals surface area (Å²) in [7, 11) is 0. The van der Waals surface area contributed by atoms with Crippen molar-refractivity contribution in [2.24, 2.45) is 5.92 Å². The van der Waals surface area contributed by atoms with E-state index in [0.29, 0.717) is 5.92 Å². The van der Waals surface area contributed by atoms with Gasteiger partial charge < -0.3 is 5.11 Å². The molecule has 0 aliphatic heterocycles. The lowest BCUT2D eigenvalue weighted by atomic mass is 9.88. The summed E-state index contributed by atoms with van der Waals surface area (Å²) in [6, 6.07) is 0. The van der Waals surface area contributed by atoms with Crippen molar-refractivity contribution in [2.75, 3.05) is 0 Å². The number of hydrogen-bond acceptors (Lipinski definition) is 1. The molecule has 2 heteroatoms. The summed E-state index contributed by atoms with van der Waals surface area (Å²) in [6.45, 7) is 2.10. The van der Waals surface area contributed by atoms with Gasteiger partial charge in [-0.15, -0.1) is 11.6 Å². The Morgan fingerprint density at radius 1 is 1.44 bits per heavy atom. The highest BCUT2D eigenvalue weighted by atomic mass is 35.5. The lowest BCUT2D eigenvalue weighted by Crippen LogP contribution is -2.31. The molecule has 3 atom stereocenters. The van der Waals surface area contributed by atoms with Crippen LogP contribution in [0.2, 0.25) is 0 Å². The molecule has 0 aromatic heterocycles. The third-order valence-electron chi connectivity index (χ3n) is 2.07. The van der Waals surface area contributed by atoms with Gasteiger partial charge in [-0.25, -0.2) is 0 Å². The molecule has 1 nitrogen and oxygen atoms in total. The zero-order chi connectivity index (χ0) is 6.85. The number of hydrogen-bond donors (Lipinski definition) is 1. The minimum absolute atomic E-state index is 0.00116. The Bertz CT molecular complexity index is 84.9. The summed E-state index contributed by atoms with van der Waals surface area (Å²) in [5.41, 5.74) is 0. The van der Waals surface area contributed by atoms with E-state index in [4.69, 9.17) is 11.6 Å². The Morgan fingerprint density at radius 3 is 2.56 bits per heavy atom. The first-order valence-corrected chi connectivity index (χ1v) is 3.97. The van der Waals surface area contributed by atoms with Gasteiger partial charge in [-0.2, -0.15) is 0 Å². The van der Waals surface area contributed by atoms with Gasteiger partial charge >= 0.3 is 0 Å². The maximum atomic E-state index is 9.22. The molecule has 0 spiro atoms. The van der Waals surface area contributed by atoms with Crippen LogP contribution >= 0.6 is 11.6 Å². The van der Waals surface area contributed by atoms with Gasteiger partial charge in [0.25, 0.3) is 0 Å². The number of aliphatic hydroxyl groups is 1. The summed E-state index contributed by atoms with van der Waals surface area (Å²) in [4.78, 5) is 0. The first kappa shape index (κ1) is 7.36. The van der Waals surface area contributed by atoms with Crippen LogP contribution in [-0.2, 0) is 0 Å². The predicted molar refractivity (Wildman–Crippen MR) is 38.7 cm³/mol. The van der Waals surface area contributed by atoms with Crippen LogP contribution in [0.5, 0.6) is 0 Å². The van der Waals surface area contributed by atoms with E-state index in [-0.39, 0.29) is 11.5 Å². The maximum absolute atomic E-state index is 9.22. The largest absolute Gasteiger partial charge is 0.392 e. The molecule has 1 aliphatic carbocycles. The summed E-state index contributed by atoms with van der Waals surface area (Å²) in [5, 5.41) is 9.22. The van der Waals surface area contributed by atoms with Crippen molar-refractivity contribution in [1.82, 2.24) is 0 Å². The van der Waals surface area contributed by atoms with Crippen molar-refractivity contribution >= 4 is 11.6 Å². The second-order valence-corrected chi connectivity index (χ2v) is 3.42. The summed E-state index contributed by atoms with van der Waals surface area (Å²) in [5.74, 6) is 0.496. The molecule has 0 radical (unpaired) electrons. The van der Waals surface area contributed by atoms with Gasteiger partial charge in [0.15, 0.2) is 0 Å². The molecule has 1 fully saturated rings. The van der Waals surface area contributed by atoms with Crippen LogP contribution in [0.1, 0.15) is 26.2 Å². The fourth-order valence-corrected chi connectivity index (χ4v) is 1.60. The van der Waals surface area contributed by atoms with E-state index >= 15 is 0 Å². The van der Waals surface area contributed by atoms with Crippen LogP contribution in [0.4, 0.5) is 0 Å². The van der Waals surface area contributed by atoms with E-state index in [2.05, 4.69) is 6.92 Å². The maximum Gasteiger partial charge on any atom is 0.0706 e. The molecule has 0 aromatic carbocycles. The average Bonchev–Trinajstić information content (AvgIpc) is 1.83. The Balaban J connectivity index is 2.41. The van der Waals surface area contributed by atoms with Crippen LogP contribution in [0, 0.1) is 5.92 Å². The first-order chi connectivity index (χ1) is 4.22. The molecule has 1 aliphatic rings.